The number of carbonyl (C=O) groups excluding carboxylic acids is 2. The van der Waals surface area contributed by atoms with Gasteiger partial charge in [-0.2, -0.15) is 5.10 Å². The number of aromatic nitrogens is 2. The quantitative estimate of drug-likeness (QED) is 0.650. The number of carboxylic acid groups (broad SMARTS) is 1. The summed E-state index contributed by atoms with van der Waals surface area (Å²) in [6, 6.07) is 6.91. The lowest BCUT2D eigenvalue weighted by Crippen LogP contribution is -2.51. The van der Waals surface area contributed by atoms with Crippen LogP contribution in [0.4, 0.5) is 5.69 Å². The van der Waals surface area contributed by atoms with Gasteiger partial charge in [-0.15, -0.1) is 0 Å². The van der Waals surface area contributed by atoms with Gasteiger partial charge in [0, 0.05) is 63.2 Å². The number of amides is 2. The smallest absolute Gasteiger partial charge is 0.303 e. The molecule has 9 heteroatoms. The van der Waals surface area contributed by atoms with Crippen LogP contribution in [0.5, 0.6) is 0 Å². The molecule has 0 spiro atoms. The highest BCUT2D eigenvalue weighted by molar-refractivity contribution is 6.02. The Labute approximate surface area is 199 Å². The summed E-state index contributed by atoms with van der Waals surface area (Å²) in [6.07, 6.45) is 5.39. The summed E-state index contributed by atoms with van der Waals surface area (Å²) in [6.45, 7) is 3.94. The molecule has 9 nitrogen and oxygen atoms in total. The standard InChI is InChI=1S/C25H33N5O4/c1-28-21-15-18(6-7-19(21)24(27-28)20-8-9-22(31)26-25(20)34)30-12-10-29(11-13-30)17-4-2-16(3-5-17)14-23(32)33/h6-7,15-17,20H,2-5,8-14H2,1H3,(H,32,33)(H,26,31,34). The number of fused-ring (bicyclic) bond motifs is 1. The van der Waals surface area contributed by atoms with Gasteiger partial charge in [-0.1, -0.05) is 0 Å². The van der Waals surface area contributed by atoms with E-state index in [0.717, 1.165) is 74.1 Å². The van der Waals surface area contributed by atoms with Crippen LogP contribution < -0.4 is 10.2 Å². The number of anilines is 1. The Balaban J connectivity index is 1.23. The summed E-state index contributed by atoms with van der Waals surface area (Å²) < 4.78 is 1.84. The van der Waals surface area contributed by atoms with Crippen LogP contribution in [0.2, 0.25) is 0 Å². The van der Waals surface area contributed by atoms with Crippen LogP contribution >= 0.6 is 0 Å². The molecule has 2 aliphatic heterocycles. The molecule has 1 saturated carbocycles. The lowest BCUT2D eigenvalue weighted by molar-refractivity contribution is -0.138. The number of aryl methyl sites for hydroxylation is 1. The maximum absolute atomic E-state index is 12.4. The molecule has 1 aromatic heterocycles. The van der Waals surface area contributed by atoms with Crippen LogP contribution in [0.25, 0.3) is 10.9 Å². The number of hydrogen-bond acceptors (Lipinski definition) is 6. The lowest BCUT2D eigenvalue weighted by Gasteiger charge is -2.42. The van der Waals surface area contributed by atoms with E-state index in [2.05, 4.69) is 38.4 Å². The van der Waals surface area contributed by atoms with Crippen molar-refractivity contribution in [3.05, 3.63) is 23.9 Å². The Hall–Kier alpha value is -2.94. The van der Waals surface area contributed by atoms with Crippen molar-refractivity contribution in [2.45, 2.75) is 56.9 Å². The number of imide groups is 1. The zero-order valence-corrected chi connectivity index (χ0v) is 19.7. The van der Waals surface area contributed by atoms with Crippen LogP contribution in [-0.4, -0.2) is 69.8 Å². The van der Waals surface area contributed by atoms with Crippen molar-refractivity contribution in [3.63, 3.8) is 0 Å². The van der Waals surface area contributed by atoms with Gasteiger partial charge in [0.05, 0.1) is 17.1 Å². The molecule has 1 unspecified atom stereocenters. The zero-order valence-electron chi connectivity index (χ0n) is 19.7. The number of piperidine rings is 1. The first-order valence-corrected chi connectivity index (χ1v) is 12.4. The summed E-state index contributed by atoms with van der Waals surface area (Å²) in [5.74, 6) is -1.19. The second kappa shape index (κ2) is 9.37. The van der Waals surface area contributed by atoms with Gasteiger partial charge in [0.25, 0.3) is 0 Å². The van der Waals surface area contributed by atoms with Crippen LogP contribution in [-0.2, 0) is 21.4 Å². The second-order valence-electron chi connectivity index (χ2n) is 10.0. The average molecular weight is 468 g/mol. The molecule has 2 N–H and O–H groups in total. The third kappa shape index (κ3) is 4.53. The summed E-state index contributed by atoms with van der Waals surface area (Å²) in [4.78, 5) is 39.9. The molecular formula is C25H33N5O4. The zero-order chi connectivity index (χ0) is 23.8. The van der Waals surface area contributed by atoms with Crippen molar-refractivity contribution in [1.29, 1.82) is 0 Å². The highest BCUT2D eigenvalue weighted by atomic mass is 16.4. The minimum atomic E-state index is -0.674. The first kappa shape index (κ1) is 22.8. The number of benzene rings is 1. The molecule has 2 saturated heterocycles. The Morgan fingerprint density at radius 1 is 1.09 bits per heavy atom. The third-order valence-electron chi connectivity index (χ3n) is 7.91. The minimum Gasteiger partial charge on any atom is -0.481 e. The van der Waals surface area contributed by atoms with Crippen LogP contribution in [0.1, 0.15) is 56.6 Å². The van der Waals surface area contributed by atoms with Crippen molar-refractivity contribution in [1.82, 2.24) is 20.0 Å². The molecule has 1 aliphatic carbocycles. The average Bonchev–Trinajstić information content (AvgIpc) is 3.15. The summed E-state index contributed by atoms with van der Waals surface area (Å²) in [5.41, 5.74) is 2.91. The van der Waals surface area contributed by atoms with Crippen LogP contribution in [0.15, 0.2) is 18.2 Å². The van der Waals surface area contributed by atoms with E-state index in [4.69, 9.17) is 5.11 Å². The molecule has 34 heavy (non-hydrogen) atoms. The number of nitrogens with one attached hydrogen (secondary N) is 1. The molecule has 182 valence electrons. The van der Waals surface area contributed by atoms with Crippen LogP contribution in [0.3, 0.4) is 0 Å². The van der Waals surface area contributed by atoms with Crippen molar-refractivity contribution in [3.8, 4) is 0 Å². The molecule has 1 aromatic carbocycles. The van der Waals surface area contributed by atoms with E-state index in [9.17, 15) is 14.4 Å². The highest BCUT2D eigenvalue weighted by Gasteiger charge is 2.32. The minimum absolute atomic E-state index is 0.212. The van der Waals surface area contributed by atoms with E-state index in [1.54, 1.807) is 0 Å². The maximum Gasteiger partial charge on any atom is 0.303 e. The first-order valence-electron chi connectivity index (χ1n) is 12.4. The summed E-state index contributed by atoms with van der Waals surface area (Å²) in [5, 5.41) is 17.1. The Morgan fingerprint density at radius 3 is 2.50 bits per heavy atom. The fourth-order valence-corrected chi connectivity index (χ4v) is 5.99. The van der Waals surface area contributed by atoms with Crippen molar-refractivity contribution < 1.29 is 19.5 Å². The van der Waals surface area contributed by atoms with Crippen molar-refractivity contribution in [2.24, 2.45) is 13.0 Å². The molecule has 1 atom stereocenters. The molecule has 3 heterocycles. The molecule has 3 fully saturated rings. The van der Waals surface area contributed by atoms with E-state index >= 15 is 0 Å². The number of hydrogen-bond donors (Lipinski definition) is 2. The number of carboxylic acids is 1. The van der Waals surface area contributed by atoms with Crippen LogP contribution in [0, 0.1) is 5.92 Å². The Kier molecular flexibility index (Phi) is 6.29. The third-order valence-corrected chi connectivity index (χ3v) is 7.91. The molecule has 5 rings (SSSR count). The van der Waals surface area contributed by atoms with E-state index in [-0.39, 0.29) is 17.7 Å². The van der Waals surface area contributed by atoms with E-state index in [0.29, 0.717) is 31.2 Å². The normalized spacial score (nSPS) is 26.6. The van der Waals surface area contributed by atoms with Gasteiger partial charge < -0.3 is 10.0 Å². The largest absolute Gasteiger partial charge is 0.481 e. The van der Waals surface area contributed by atoms with E-state index < -0.39 is 5.97 Å². The Morgan fingerprint density at radius 2 is 1.82 bits per heavy atom. The van der Waals surface area contributed by atoms with Gasteiger partial charge in [0.2, 0.25) is 11.8 Å². The number of nitrogens with zero attached hydrogens (tertiary/aromatic N) is 4. The number of carbonyl (C=O) groups is 3. The molecular weight excluding hydrogens is 434 g/mol. The SMILES string of the molecule is Cn1nc(C2CCC(=O)NC2=O)c2ccc(N3CCN(C4CCC(CC(=O)O)CC4)CC3)cc21. The number of rotatable bonds is 5. The molecule has 2 amide bonds. The van der Waals surface area contributed by atoms with Gasteiger partial charge in [0.15, 0.2) is 0 Å². The van der Waals surface area contributed by atoms with E-state index in [1.165, 1.54) is 0 Å². The monoisotopic (exact) mass is 467 g/mol. The summed E-state index contributed by atoms with van der Waals surface area (Å²) in [7, 11) is 1.90. The predicted octanol–water partition coefficient (Wildman–Crippen LogP) is 2.25. The number of aliphatic carboxylic acids is 1. The fourth-order valence-electron chi connectivity index (χ4n) is 5.99. The topological polar surface area (TPSA) is 108 Å². The van der Waals surface area contributed by atoms with E-state index in [1.807, 2.05) is 11.7 Å². The Bertz CT molecular complexity index is 1100. The van der Waals surface area contributed by atoms with Crippen molar-refractivity contribution >= 4 is 34.4 Å². The molecule has 0 radical (unpaired) electrons. The second-order valence-corrected chi connectivity index (χ2v) is 10.0. The molecule has 2 aromatic rings. The number of piperazine rings is 1. The lowest BCUT2D eigenvalue weighted by atomic mass is 9.83. The fraction of sp³-hybridized carbons (Fsp3) is 0.600. The predicted molar refractivity (Wildman–Crippen MR) is 128 cm³/mol. The van der Waals surface area contributed by atoms with Gasteiger partial charge in [-0.25, -0.2) is 0 Å². The van der Waals surface area contributed by atoms with Gasteiger partial charge in [-0.3, -0.25) is 29.3 Å². The first-order chi connectivity index (χ1) is 16.4. The van der Waals surface area contributed by atoms with Gasteiger partial charge >= 0.3 is 5.97 Å². The highest BCUT2D eigenvalue weighted by Crippen LogP contribution is 2.33. The van der Waals surface area contributed by atoms with Gasteiger partial charge in [0.1, 0.15) is 0 Å². The molecule has 3 aliphatic rings. The maximum atomic E-state index is 12.4. The summed E-state index contributed by atoms with van der Waals surface area (Å²) >= 11 is 0. The molecule has 0 bridgehead atoms. The van der Waals surface area contributed by atoms with Gasteiger partial charge in [-0.05, 0) is 56.2 Å². The van der Waals surface area contributed by atoms with Crippen molar-refractivity contribution in [2.75, 3.05) is 31.1 Å².